The number of hydrogen-bond donors (Lipinski definition) is 1. The number of aromatic nitrogens is 2. The number of piperazine rings is 1. The number of amides is 2. The molecule has 0 aliphatic carbocycles. The molecule has 0 unspecified atom stereocenters. The zero-order chi connectivity index (χ0) is 25.2. The van der Waals surface area contributed by atoms with Gasteiger partial charge >= 0.3 is 6.18 Å². The molecule has 7 nitrogen and oxygen atoms in total. The second-order valence-corrected chi connectivity index (χ2v) is 7.65. The van der Waals surface area contributed by atoms with Crippen LogP contribution in [0.4, 0.5) is 33.5 Å². The van der Waals surface area contributed by atoms with Gasteiger partial charge in [0.05, 0.1) is 16.8 Å². The highest BCUT2D eigenvalue weighted by molar-refractivity contribution is 6.02. The number of anilines is 2. The Hall–Kier alpha value is -4.09. The molecule has 1 aliphatic heterocycles. The minimum atomic E-state index is -4.64. The van der Waals surface area contributed by atoms with Gasteiger partial charge in [0.15, 0.2) is 23.1 Å². The van der Waals surface area contributed by atoms with Crippen LogP contribution >= 0.6 is 0 Å². The quantitative estimate of drug-likeness (QED) is 0.559. The van der Waals surface area contributed by atoms with Crippen LogP contribution in [0.2, 0.25) is 0 Å². The van der Waals surface area contributed by atoms with Crippen molar-refractivity contribution in [3.05, 3.63) is 83.1 Å². The monoisotopic (exact) mass is 491 g/mol. The Bertz CT molecular complexity index is 1240. The van der Waals surface area contributed by atoms with Gasteiger partial charge in [-0.05, 0) is 36.4 Å². The lowest BCUT2D eigenvalue weighted by atomic mass is 10.1. The molecule has 1 aliphatic rings. The summed E-state index contributed by atoms with van der Waals surface area (Å²) in [6.07, 6.45) is -4.64. The maximum atomic E-state index is 13.7. The summed E-state index contributed by atoms with van der Waals surface area (Å²) in [7, 11) is 0. The number of hydrogen-bond acceptors (Lipinski definition) is 5. The fraction of sp³-hybridized carbons (Fsp3) is 0.217. The van der Waals surface area contributed by atoms with Crippen LogP contribution in [0, 0.1) is 11.6 Å². The maximum Gasteiger partial charge on any atom is 0.417 e. The van der Waals surface area contributed by atoms with Gasteiger partial charge in [-0.1, -0.05) is 18.2 Å². The summed E-state index contributed by atoms with van der Waals surface area (Å²) in [5, 5.41) is 10.0. The van der Waals surface area contributed by atoms with E-state index < -0.39 is 40.8 Å². The molecule has 35 heavy (non-hydrogen) atoms. The van der Waals surface area contributed by atoms with Crippen molar-refractivity contribution in [2.75, 3.05) is 36.4 Å². The number of carbonyl (C=O) groups excluding carboxylic acids is 2. The Labute approximate surface area is 196 Å². The van der Waals surface area contributed by atoms with Crippen molar-refractivity contribution in [3.8, 4) is 0 Å². The zero-order valence-corrected chi connectivity index (χ0v) is 18.0. The van der Waals surface area contributed by atoms with Gasteiger partial charge in [0.2, 0.25) is 0 Å². The molecule has 0 saturated carbocycles. The molecular formula is C23H18F5N5O2. The van der Waals surface area contributed by atoms with Crippen molar-refractivity contribution < 1.29 is 31.5 Å². The molecule has 1 N–H and O–H groups in total. The van der Waals surface area contributed by atoms with Crippen LogP contribution in [-0.4, -0.2) is 53.1 Å². The summed E-state index contributed by atoms with van der Waals surface area (Å²) in [6, 6.07) is 10.9. The van der Waals surface area contributed by atoms with E-state index >= 15 is 0 Å². The third kappa shape index (κ3) is 5.20. The van der Waals surface area contributed by atoms with Gasteiger partial charge in [0, 0.05) is 26.2 Å². The van der Waals surface area contributed by atoms with Gasteiger partial charge in [-0.2, -0.15) is 13.2 Å². The molecule has 2 aromatic carbocycles. The number of halogens is 5. The van der Waals surface area contributed by atoms with E-state index in [1.165, 1.54) is 41.3 Å². The van der Waals surface area contributed by atoms with E-state index in [1.54, 1.807) is 4.90 Å². The average molecular weight is 491 g/mol. The lowest BCUT2D eigenvalue weighted by Gasteiger charge is -2.35. The average Bonchev–Trinajstić information content (AvgIpc) is 2.86. The zero-order valence-electron chi connectivity index (χ0n) is 18.0. The van der Waals surface area contributed by atoms with Crippen molar-refractivity contribution in [2.45, 2.75) is 6.18 Å². The number of nitrogens with zero attached hydrogens (tertiary/aromatic N) is 4. The Morgan fingerprint density at radius 2 is 1.57 bits per heavy atom. The molecule has 1 fully saturated rings. The van der Waals surface area contributed by atoms with Gasteiger partial charge in [0.25, 0.3) is 11.8 Å². The molecule has 2 amide bonds. The fourth-order valence-electron chi connectivity index (χ4n) is 3.63. The number of benzene rings is 2. The smallest absolute Gasteiger partial charge is 0.352 e. The van der Waals surface area contributed by atoms with Crippen LogP contribution in [0.3, 0.4) is 0 Å². The van der Waals surface area contributed by atoms with Crippen LogP contribution < -0.4 is 10.2 Å². The first-order valence-corrected chi connectivity index (χ1v) is 10.4. The van der Waals surface area contributed by atoms with Crippen molar-refractivity contribution in [1.82, 2.24) is 15.1 Å². The highest BCUT2D eigenvalue weighted by Crippen LogP contribution is 2.32. The summed E-state index contributed by atoms with van der Waals surface area (Å²) < 4.78 is 66.8. The van der Waals surface area contributed by atoms with E-state index in [9.17, 15) is 31.5 Å². The number of carbonyl (C=O) groups is 2. The van der Waals surface area contributed by atoms with Crippen LogP contribution in [0.1, 0.15) is 26.4 Å². The highest BCUT2D eigenvalue weighted by atomic mass is 19.4. The summed E-state index contributed by atoms with van der Waals surface area (Å²) in [6.45, 7) is 0.894. The molecule has 0 radical (unpaired) electrons. The molecule has 0 bridgehead atoms. The largest absolute Gasteiger partial charge is 0.417 e. The Morgan fingerprint density at radius 1 is 0.857 bits per heavy atom. The predicted octanol–water partition coefficient (Wildman–Crippen LogP) is 3.99. The minimum absolute atomic E-state index is 0.130. The van der Waals surface area contributed by atoms with E-state index in [2.05, 4.69) is 15.5 Å². The van der Waals surface area contributed by atoms with Crippen LogP contribution in [0.15, 0.2) is 54.6 Å². The normalized spacial score (nSPS) is 14.1. The first-order chi connectivity index (χ1) is 16.6. The minimum Gasteiger partial charge on any atom is -0.352 e. The van der Waals surface area contributed by atoms with Crippen molar-refractivity contribution in [1.29, 1.82) is 0 Å². The summed E-state index contributed by atoms with van der Waals surface area (Å²) >= 11 is 0. The van der Waals surface area contributed by atoms with E-state index in [-0.39, 0.29) is 37.6 Å². The second kappa shape index (κ2) is 9.65. The van der Waals surface area contributed by atoms with E-state index in [0.717, 1.165) is 18.2 Å². The van der Waals surface area contributed by atoms with Gasteiger partial charge < -0.3 is 15.1 Å². The van der Waals surface area contributed by atoms with Crippen molar-refractivity contribution in [2.24, 2.45) is 0 Å². The molecule has 4 rings (SSSR count). The Balaban J connectivity index is 1.38. The highest BCUT2D eigenvalue weighted by Gasteiger charge is 2.36. The molecule has 2 heterocycles. The lowest BCUT2D eigenvalue weighted by molar-refractivity contribution is -0.138. The van der Waals surface area contributed by atoms with E-state index in [1.807, 2.05) is 0 Å². The van der Waals surface area contributed by atoms with Gasteiger partial charge in [-0.25, -0.2) is 8.78 Å². The molecule has 182 valence electrons. The summed E-state index contributed by atoms with van der Waals surface area (Å²) in [5.74, 6) is -3.41. The maximum absolute atomic E-state index is 13.7. The standard InChI is InChI=1S/C23H18F5N5O2/c24-16-6-3-7-17(20(16)25)29-21(34)18-8-9-19(31-30-18)32-10-12-33(13-11-32)22(35)14-4-1-2-5-15(14)23(26,27)28/h1-9H,10-13H2,(H,29,34). The van der Waals surface area contributed by atoms with Crippen LogP contribution in [-0.2, 0) is 6.18 Å². The van der Waals surface area contributed by atoms with Crippen LogP contribution in [0.25, 0.3) is 0 Å². The predicted molar refractivity (Wildman–Crippen MR) is 116 cm³/mol. The molecule has 3 aromatic rings. The third-order valence-corrected chi connectivity index (χ3v) is 5.44. The molecule has 0 atom stereocenters. The number of rotatable bonds is 4. The van der Waals surface area contributed by atoms with Crippen molar-refractivity contribution in [3.63, 3.8) is 0 Å². The van der Waals surface area contributed by atoms with Gasteiger partial charge in [-0.15, -0.1) is 10.2 Å². The van der Waals surface area contributed by atoms with E-state index in [4.69, 9.17) is 0 Å². The summed E-state index contributed by atoms with van der Waals surface area (Å²) in [4.78, 5) is 28.1. The number of nitrogens with one attached hydrogen (secondary N) is 1. The third-order valence-electron chi connectivity index (χ3n) is 5.44. The number of alkyl halides is 3. The van der Waals surface area contributed by atoms with E-state index in [0.29, 0.717) is 5.82 Å². The van der Waals surface area contributed by atoms with Gasteiger partial charge in [0.1, 0.15) is 0 Å². The SMILES string of the molecule is O=C(Nc1cccc(F)c1F)c1ccc(N2CCN(C(=O)c3ccccc3C(F)(F)F)CC2)nn1. The lowest BCUT2D eigenvalue weighted by Crippen LogP contribution is -2.49. The molecule has 1 saturated heterocycles. The van der Waals surface area contributed by atoms with Crippen molar-refractivity contribution >= 4 is 23.3 Å². The summed E-state index contributed by atoms with van der Waals surface area (Å²) in [5.41, 5.74) is -1.85. The van der Waals surface area contributed by atoms with Crippen LogP contribution in [0.5, 0.6) is 0 Å². The molecule has 12 heteroatoms. The second-order valence-electron chi connectivity index (χ2n) is 7.65. The fourth-order valence-corrected chi connectivity index (χ4v) is 3.63. The Morgan fingerprint density at radius 3 is 2.23 bits per heavy atom. The molecule has 0 spiro atoms. The molecular weight excluding hydrogens is 473 g/mol. The first-order valence-electron chi connectivity index (χ1n) is 10.4. The van der Waals surface area contributed by atoms with Gasteiger partial charge in [-0.3, -0.25) is 9.59 Å². The topological polar surface area (TPSA) is 78.4 Å². The Kier molecular flexibility index (Phi) is 6.63. The molecule has 1 aromatic heterocycles. The first kappa shape index (κ1) is 24.0.